The Labute approximate surface area is 144 Å². The Balaban J connectivity index is 2.37. The van der Waals surface area contributed by atoms with E-state index in [4.69, 9.17) is 33.7 Å². The minimum absolute atomic E-state index is 0.0114. The molecule has 0 saturated heterocycles. The zero-order valence-electron chi connectivity index (χ0n) is 13.1. The molecule has 0 aromatic carbocycles. The second-order valence-electron chi connectivity index (χ2n) is 6.43. The molecule has 0 aliphatic carbocycles. The quantitative estimate of drug-likeness (QED) is 0.471. The summed E-state index contributed by atoms with van der Waals surface area (Å²) in [5, 5.41) is -0.275. The van der Waals surface area contributed by atoms with Crippen LogP contribution in [0.5, 0.6) is 0 Å². The van der Waals surface area contributed by atoms with Crippen molar-refractivity contribution in [2.75, 3.05) is 6.61 Å². The summed E-state index contributed by atoms with van der Waals surface area (Å²) in [7, 11) is -1.22. The normalized spacial score (nSPS) is 12.1. The van der Waals surface area contributed by atoms with Crippen LogP contribution in [0.15, 0.2) is 6.07 Å². The fourth-order valence-corrected chi connectivity index (χ4v) is 3.28. The predicted octanol–water partition coefficient (Wildman–Crippen LogP) is 3.89. The molecule has 2 aromatic rings. The number of hydrogen-bond donors (Lipinski definition) is 1. The summed E-state index contributed by atoms with van der Waals surface area (Å²) < 4.78 is 20.8. The third-order valence-corrected chi connectivity index (χ3v) is 5.71. The van der Waals surface area contributed by atoms with Crippen LogP contribution in [0.25, 0.3) is 11.0 Å². The maximum absolute atomic E-state index is 13.7. The van der Waals surface area contributed by atoms with E-state index in [2.05, 4.69) is 24.6 Å². The van der Waals surface area contributed by atoms with Crippen molar-refractivity contribution in [3.63, 3.8) is 0 Å². The molecule has 0 radical (unpaired) electrons. The van der Waals surface area contributed by atoms with E-state index < -0.39 is 19.8 Å². The van der Waals surface area contributed by atoms with E-state index in [1.807, 2.05) is 0 Å². The monoisotopic (exact) mass is 377 g/mol. The van der Waals surface area contributed by atoms with Gasteiger partial charge < -0.3 is 15.0 Å². The molecule has 2 heterocycles. The lowest BCUT2D eigenvalue weighted by molar-refractivity contribution is 0.0900. The maximum Gasteiger partial charge on any atom is 0.254 e. The molecule has 0 fully saturated rings. The Morgan fingerprint density at radius 2 is 2.09 bits per heavy atom. The Morgan fingerprint density at radius 1 is 1.43 bits per heavy atom. The number of ether oxygens (including phenoxy) is 1. The van der Waals surface area contributed by atoms with E-state index in [-0.39, 0.29) is 28.1 Å². The number of amides is 1. The standard InChI is InChI=1S/C14H18Cl2FN3O2Si/c1-23(2,3)5-4-22-7-20-9-6-8(17)12(15)19-11(9)10(13(20)16)14(18)21/h6H,4-5,7H2,1-3H3,(H2,18,21). The number of primary amides is 1. The Kier molecular flexibility index (Phi) is 5.35. The predicted molar refractivity (Wildman–Crippen MR) is 92.3 cm³/mol. The molecule has 2 aromatic heterocycles. The molecule has 9 heteroatoms. The number of nitrogens with two attached hydrogens (primary N) is 1. The van der Waals surface area contributed by atoms with Gasteiger partial charge in [-0.25, -0.2) is 9.37 Å². The summed E-state index contributed by atoms with van der Waals surface area (Å²) in [6.07, 6.45) is 0. The van der Waals surface area contributed by atoms with Gasteiger partial charge in [0.2, 0.25) is 0 Å². The summed E-state index contributed by atoms with van der Waals surface area (Å²) in [6, 6.07) is 2.15. The second-order valence-corrected chi connectivity index (χ2v) is 12.8. The highest BCUT2D eigenvalue weighted by Gasteiger charge is 2.23. The van der Waals surface area contributed by atoms with Gasteiger partial charge in [-0.1, -0.05) is 42.8 Å². The van der Waals surface area contributed by atoms with Crippen molar-refractivity contribution in [1.29, 1.82) is 0 Å². The summed E-state index contributed by atoms with van der Waals surface area (Å²) in [6.45, 7) is 7.35. The highest BCUT2D eigenvalue weighted by Crippen LogP contribution is 2.31. The van der Waals surface area contributed by atoms with Crippen molar-refractivity contribution in [1.82, 2.24) is 9.55 Å². The van der Waals surface area contributed by atoms with Gasteiger partial charge >= 0.3 is 0 Å². The fraction of sp³-hybridized carbons (Fsp3) is 0.429. The van der Waals surface area contributed by atoms with Gasteiger partial charge in [0.1, 0.15) is 23.0 Å². The topological polar surface area (TPSA) is 70.1 Å². The molecule has 0 unspecified atom stereocenters. The Bertz CT molecular complexity index is 759. The molecule has 0 atom stereocenters. The number of rotatable bonds is 6. The Morgan fingerprint density at radius 3 is 2.65 bits per heavy atom. The minimum Gasteiger partial charge on any atom is -0.365 e. The van der Waals surface area contributed by atoms with Gasteiger partial charge in [0.15, 0.2) is 11.0 Å². The second kappa shape index (κ2) is 6.76. The van der Waals surface area contributed by atoms with Crippen LogP contribution in [0.2, 0.25) is 36.0 Å². The molecule has 0 aliphatic heterocycles. The summed E-state index contributed by atoms with van der Waals surface area (Å²) in [5.74, 6) is -1.45. The number of carbonyl (C=O) groups excluding carboxylic acids is 1. The van der Waals surface area contributed by atoms with Gasteiger partial charge in [-0.05, 0) is 6.04 Å². The zero-order chi connectivity index (χ0) is 17.4. The molecular formula is C14H18Cl2FN3O2Si. The smallest absolute Gasteiger partial charge is 0.254 e. The molecule has 0 saturated carbocycles. The van der Waals surface area contributed by atoms with Crippen molar-refractivity contribution >= 4 is 48.2 Å². The van der Waals surface area contributed by atoms with E-state index in [0.717, 1.165) is 6.04 Å². The van der Waals surface area contributed by atoms with Crippen LogP contribution in [0.3, 0.4) is 0 Å². The van der Waals surface area contributed by atoms with Crippen LogP contribution >= 0.6 is 23.2 Å². The molecular weight excluding hydrogens is 360 g/mol. The summed E-state index contributed by atoms with van der Waals surface area (Å²) in [5.41, 5.74) is 5.84. The number of carbonyl (C=O) groups is 1. The van der Waals surface area contributed by atoms with Gasteiger partial charge in [0.25, 0.3) is 5.91 Å². The molecule has 5 nitrogen and oxygen atoms in total. The number of aromatic nitrogens is 2. The lowest BCUT2D eigenvalue weighted by Gasteiger charge is -2.16. The third kappa shape index (κ3) is 4.03. The largest absolute Gasteiger partial charge is 0.365 e. The van der Waals surface area contributed by atoms with Crippen LogP contribution in [0.1, 0.15) is 10.4 Å². The first kappa shape index (κ1) is 18.2. The van der Waals surface area contributed by atoms with Crippen molar-refractivity contribution in [2.24, 2.45) is 5.73 Å². The minimum atomic E-state index is -1.22. The molecule has 0 spiro atoms. The van der Waals surface area contributed by atoms with Crippen LogP contribution in [-0.4, -0.2) is 30.1 Å². The van der Waals surface area contributed by atoms with Gasteiger partial charge in [0.05, 0.1) is 5.52 Å². The number of hydrogen-bond acceptors (Lipinski definition) is 3. The SMILES string of the molecule is C[Si](C)(C)CCOCn1c(Cl)c(C(N)=O)c2nc(Cl)c(F)cc21. The van der Waals surface area contributed by atoms with E-state index >= 15 is 0 Å². The van der Waals surface area contributed by atoms with Crippen LogP contribution in [0, 0.1) is 5.82 Å². The third-order valence-electron chi connectivity index (χ3n) is 3.35. The van der Waals surface area contributed by atoms with Gasteiger partial charge in [-0.15, -0.1) is 0 Å². The number of nitrogens with zero attached hydrogens (tertiary/aromatic N) is 2. The highest BCUT2D eigenvalue weighted by molar-refractivity contribution is 6.76. The molecule has 0 bridgehead atoms. The maximum atomic E-state index is 13.7. The number of pyridine rings is 1. The molecule has 23 heavy (non-hydrogen) atoms. The summed E-state index contributed by atoms with van der Waals surface area (Å²) in [4.78, 5) is 15.5. The first-order chi connectivity index (χ1) is 10.6. The van der Waals surface area contributed by atoms with Gasteiger partial charge in [-0.3, -0.25) is 4.79 Å². The van der Waals surface area contributed by atoms with Crippen LogP contribution in [0.4, 0.5) is 4.39 Å². The van der Waals surface area contributed by atoms with E-state index in [1.165, 1.54) is 10.6 Å². The average molecular weight is 378 g/mol. The highest BCUT2D eigenvalue weighted by atomic mass is 35.5. The van der Waals surface area contributed by atoms with E-state index in [0.29, 0.717) is 12.1 Å². The zero-order valence-corrected chi connectivity index (χ0v) is 15.6. The van der Waals surface area contributed by atoms with Crippen LogP contribution in [-0.2, 0) is 11.5 Å². The average Bonchev–Trinajstić information content (AvgIpc) is 2.66. The van der Waals surface area contributed by atoms with Gasteiger partial charge in [0, 0.05) is 20.7 Å². The first-order valence-electron chi connectivity index (χ1n) is 7.03. The molecule has 2 N–H and O–H groups in total. The fourth-order valence-electron chi connectivity index (χ4n) is 2.06. The number of fused-ring (bicyclic) bond motifs is 1. The molecule has 126 valence electrons. The first-order valence-corrected chi connectivity index (χ1v) is 11.5. The Hall–Kier alpha value is -1.15. The van der Waals surface area contributed by atoms with Crippen molar-refractivity contribution < 1.29 is 13.9 Å². The van der Waals surface area contributed by atoms with Crippen molar-refractivity contribution in [3.8, 4) is 0 Å². The van der Waals surface area contributed by atoms with Crippen molar-refractivity contribution in [2.45, 2.75) is 32.4 Å². The summed E-state index contributed by atoms with van der Waals surface area (Å²) >= 11 is 11.9. The molecule has 0 aliphatic rings. The van der Waals surface area contributed by atoms with E-state index in [1.54, 1.807) is 0 Å². The number of halogens is 3. The molecule has 2 rings (SSSR count). The van der Waals surface area contributed by atoms with Crippen molar-refractivity contribution in [3.05, 3.63) is 27.8 Å². The lowest BCUT2D eigenvalue weighted by Crippen LogP contribution is -2.22. The lowest BCUT2D eigenvalue weighted by atomic mass is 10.2. The van der Waals surface area contributed by atoms with E-state index in [9.17, 15) is 9.18 Å². The van der Waals surface area contributed by atoms with Crippen LogP contribution < -0.4 is 5.73 Å². The van der Waals surface area contributed by atoms with Gasteiger partial charge in [-0.2, -0.15) is 0 Å². The molecule has 1 amide bonds.